The fourth-order valence-corrected chi connectivity index (χ4v) is 2.38. The molecule has 0 spiro atoms. The molecule has 1 aromatic heterocycles. The minimum atomic E-state index is -1.49. The van der Waals surface area contributed by atoms with Gasteiger partial charge in [-0.3, -0.25) is 4.79 Å². The van der Waals surface area contributed by atoms with E-state index in [0.29, 0.717) is 0 Å². The number of amides is 1. The molecule has 0 aliphatic rings. The highest BCUT2D eigenvalue weighted by Gasteiger charge is 2.19. The zero-order chi connectivity index (χ0) is 17.8. The van der Waals surface area contributed by atoms with Gasteiger partial charge in [0.1, 0.15) is 17.7 Å². The highest BCUT2D eigenvalue weighted by atomic mass is 19.1. The Kier molecular flexibility index (Phi) is 4.85. The Labute approximate surface area is 142 Å². The number of hydrogen-bond acceptors (Lipinski definition) is 3. The number of nitrogens with zero attached hydrogens (tertiary/aromatic N) is 2. The molecule has 0 saturated heterocycles. The highest BCUT2D eigenvalue weighted by molar-refractivity contribution is 5.93. The number of aliphatic hydroxyl groups excluding tert-OH is 1. The Morgan fingerprint density at radius 3 is 2.48 bits per heavy atom. The van der Waals surface area contributed by atoms with Crippen molar-refractivity contribution in [1.82, 2.24) is 15.1 Å². The summed E-state index contributed by atoms with van der Waals surface area (Å²) in [7, 11) is 0. The second-order valence-corrected chi connectivity index (χ2v) is 5.37. The van der Waals surface area contributed by atoms with Gasteiger partial charge < -0.3 is 10.4 Å². The van der Waals surface area contributed by atoms with Crippen molar-refractivity contribution in [2.24, 2.45) is 0 Å². The smallest absolute Gasteiger partial charge is 0.254 e. The third-order valence-electron chi connectivity index (χ3n) is 3.65. The monoisotopic (exact) mass is 343 g/mol. The second kappa shape index (κ2) is 7.23. The van der Waals surface area contributed by atoms with Crippen LogP contribution in [0.4, 0.5) is 8.78 Å². The maximum atomic E-state index is 13.6. The molecule has 0 saturated carbocycles. The summed E-state index contributed by atoms with van der Waals surface area (Å²) in [6.07, 6.45) is 1.41. The number of carbonyl (C=O) groups excluding carboxylic acids is 1. The number of halogens is 2. The molecule has 0 radical (unpaired) electrons. The Hall–Kier alpha value is -3.06. The van der Waals surface area contributed by atoms with Gasteiger partial charge in [0.25, 0.3) is 5.91 Å². The van der Waals surface area contributed by atoms with Gasteiger partial charge in [-0.25, -0.2) is 13.5 Å². The number of aromatic nitrogens is 2. The van der Waals surface area contributed by atoms with Crippen LogP contribution in [-0.4, -0.2) is 27.3 Å². The van der Waals surface area contributed by atoms with Crippen molar-refractivity contribution in [1.29, 1.82) is 0 Å². The molecular weight excluding hydrogens is 328 g/mol. The van der Waals surface area contributed by atoms with Gasteiger partial charge in [-0.2, -0.15) is 5.10 Å². The maximum absolute atomic E-state index is 13.6. The molecule has 0 aliphatic heterocycles. The first-order valence-electron chi connectivity index (χ1n) is 7.56. The summed E-state index contributed by atoms with van der Waals surface area (Å²) in [6.45, 7) is -0.326. The normalized spacial score (nSPS) is 12.0. The van der Waals surface area contributed by atoms with Crippen molar-refractivity contribution in [3.8, 4) is 5.69 Å². The fraction of sp³-hybridized carbons (Fsp3) is 0.111. The first-order chi connectivity index (χ1) is 12.1. The van der Waals surface area contributed by atoms with Gasteiger partial charge >= 0.3 is 0 Å². The van der Waals surface area contributed by atoms with E-state index in [1.54, 1.807) is 0 Å². The van der Waals surface area contributed by atoms with Crippen molar-refractivity contribution >= 4 is 5.91 Å². The third-order valence-corrected chi connectivity index (χ3v) is 3.65. The molecular formula is C18H15F2N3O2. The zero-order valence-corrected chi connectivity index (χ0v) is 13.1. The van der Waals surface area contributed by atoms with Gasteiger partial charge in [0.2, 0.25) is 0 Å². The summed E-state index contributed by atoms with van der Waals surface area (Å²) in [6, 6.07) is 12.5. The summed E-state index contributed by atoms with van der Waals surface area (Å²) in [5.74, 6) is -2.23. The lowest BCUT2D eigenvalue weighted by Gasteiger charge is -2.13. The maximum Gasteiger partial charge on any atom is 0.254 e. The van der Waals surface area contributed by atoms with E-state index < -0.39 is 29.2 Å². The predicted octanol–water partition coefficient (Wildman–Crippen LogP) is 2.61. The van der Waals surface area contributed by atoms with E-state index in [-0.39, 0.29) is 12.1 Å². The van der Waals surface area contributed by atoms with E-state index in [0.717, 1.165) is 17.8 Å². The molecule has 2 N–H and O–H groups in total. The topological polar surface area (TPSA) is 67.2 Å². The van der Waals surface area contributed by atoms with E-state index >= 15 is 0 Å². The molecule has 2 aromatic carbocycles. The van der Waals surface area contributed by atoms with Gasteiger partial charge in [0, 0.05) is 12.7 Å². The molecule has 25 heavy (non-hydrogen) atoms. The lowest BCUT2D eigenvalue weighted by Crippen LogP contribution is -2.28. The number of para-hydroxylation sites is 1. The van der Waals surface area contributed by atoms with Gasteiger partial charge in [-0.1, -0.05) is 24.3 Å². The molecule has 7 heteroatoms. The molecule has 1 heterocycles. The molecule has 0 fully saturated rings. The Balaban J connectivity index is 1.66. The number of hydrogen-bond donors (Lipinski definition) is 2. The number of carbonyl (C=O) groups is 1. The fourth-order valence-electron chi connectivity index (χ4n) is 2.38. The quantitative estimate of drug-likeness (QED) is 0.748. The SMILES string of the molecule is O=C(NC[C@@H](O)c1c(F)cccc1F)c1cnn(-c2ccccc2)c1. The van der Waals surface area contributed by atoms with Crippen LogP contribution in [-0.2, 0) is 0 Å². The van der Waals surface area contributed by atoms with Crippen LogP contribution < -0.4 is 5.32 Å². The van der Waals surface area contributed by atoms with Crippen LogP contribution in [0.1, 0.15) is 22.0 Å². The summed E-state index contributed by atoms with van der Waals surface area (Å²) >= 11 is 0. The second-order valence-electron chi connectivity index (χ2n) is 5.37. The molecule has 3 aromatic rings. The summed E-state index contributed by atoms with van der Waals surface area (Å²) in [5, 5.41) is 16.5. The van der Waals surface area contributed by atoms with Crippen molar-refractivity contribution in [2.75, 3.05) is 6.54 Å². The lowest BCUT2D eigenvalue weighted by atomic mass is 10.1. The molecule has 5 nitrogen and oxygen atoms in total. The van der Waals surface area contributed by atoms with Gasteiger partial charge in [-0.15, -0.1) is 0 Å². The Bertz CT molecular complexity index is 861. The van der Waals surface area contributed by atoms with Crippen LogP contribution in [0.25, 0.3) is 5.69 Å². The minimum absolute atomic E-state index is 0.269. The molecule has 128 valence electrons. The van der Waals surface area contributed by atoms with E-state index in [2.05, 4.69) is 10.4 Å². The summed E-state index contributed by atoms with van der Waals surface area (Å²) in [4.78, 5) is 12.1. The first kappa shape index (κ1) is 16.8. The largest absolute Gasteiger partial charge is 0.386 e. The van der Waals surface area contributed by atoms with E-state index in [1.807, 2.05) is 30.3 Å². The zero-order valence-electron chi connectivity index (χ0n) is 13.1. The highest BCUT2D eigenvalue weighted by Crippen LogP contribution is 2.20. The van der Waals surface area contributed by atoms with Crippen LogP contribution in [0.5, 0.6) is 0 Å². The minimum Gasteiger partial charge on any atom is -0.386 e. The van der Waals surface area contributed by atoms with Gasteiger partial charge in [0.05, 0.1) is 23.0 Å². The number of rotatable bonds is 5. The van der Waals surface area contributed by atoms with Crippen LogP contribution in [0.15, 0.2) is 60.9 Å². The van der Waals surface area contributed by atoms with Crippen molar-refractivity contribution < 1.29 is 18.7 Å². The summed E-state index contributed by atoms with van der Waals surface area (Å²) < 4.78 is 28.8. The molecule has 1 amide bonds. The summed E-state index contributed by atoms with van der Waals surface area (Å²) in [5.41, 5.74) is 0.586. The third kappa shape index (κ3) is 3.72. The molecule has 0 unspecified atom stereocenters. The van der Waals surface area contributed by atoms with E-state index in [1.165, 1.54) is 23.1 Å². The average molecular weight is 343 g/mol. The van der Waals surface area contributed by atoms with Crippen LogP contribution in [0.2, 0.25) is 0 Å². The van der Waals surface area contributed by atoms with E-state index in [4.69, 9.17) is 0 Å². The van der Waals surface area contributed by atoms with Crippen LogP contribution in [0.3, 0.4) is 0 Å². The number of aliphatic hydroxyl groups is 1. The predicted molar refractivity (Wildman–Crippen MR) is 87.2 cm³/mol. The first-order valence-corrected chi connectivity index (χ1v) is 7.56. The van der Waals surface area contributed by atoms with Crippen molar-refractivity contribution in [3.63, 3.8) is 0 Å². The Morgan fingerprint density at radius 1 is 1.12 bits per heavy atom. The van der Waals surface area contributed by atoms with Crippen molar-refractivity contribution in [2.45, 2.75) is 6.10 Å². The Morgan fingerprint density at radius 2 is 1.80 bits per heavy atom. The number of nitrogens with one attached hydrogen (secondary N) is 1. The number of benzene rings is 2. The van der Waals surface area contributed by atoms with Gasteiger partial charge in [0.15, 0.2) is 0 Å². The lowest BCUT2D eigenvalue weighted by molar-refractivity contribution is 0.0911. The van der Waals surface area contributed by atoms with Crippen LogP contribution in [0, 0.1) is 11.6 Å². The van der Waals surface area contributed by atoms with Crippen LogP contribution >= 0.6 is 0 Å². The molecule has 3 rings (SSSR count). The van der Waals surface area contributed by atoms with Gasteiger partial charge in [-0.05, 0) is 24.3 Å². The standard InChI is InChI=1S/C18H15F2N3O2/c19-14-7-4-8-15(20)17(14)16(24)10-21-18(25)12-9-22-23(11-12)13-5-2-1-3-6-13/h1-9,11,16,24H,10H2,(H,21,25)/t16-/m1/s1. The molecule has 0 bridgehead atoms. The molecule has 0 aliphatic carbocycles. The molecule has 1 atom stereocenters. The van der Waals surface area contributed by atoms with E-state index in [9.17, 15) is 18.7 Å². The van der Waals surface area contributed by atoms with Crippen molar-refractivity contribution in [3.05, 3.63) is 83.7 Å². The average Bonchev–Trinajstić information content (AvgIpc) is 3.10.